The van der Waals surface area contributed by atoms with Crippen molar-refractivity contribution in [3.8, 4) is 0 Å². The Hall–Kier alpha value is -1.78. The first-order valence-electron chi connectivity index (χ1n) is 7.59. The van der Waals surface area contributed by atoms with E-state index in [2.05, 4.69) is 30.8 Å². The number of carbonyl (C=O) groups is 1. The van der Waals surface area contributed by atoms with Crippen molar-refractivity contribution in [3.05, 3.63) is 17.3 Å². The molecule has 1 aromatic rings. The molecule has 0 fully saturated rings. The molecule has 0 aromatic carbocycles. The average molecular weight is 293 g/mol. The van der Waals surface area contributed by atoms with E-state index >= 15 is 0 Å². The Kier molecular flexibility index (Phi) is 6.46. The highest BCUT2D eigenvalue weighted by molar-refractivity contribution is 5.87. The number of aromatic nitrogens is 2. The van der Waals surface area contributed by atoms with Gasteiger partial charge in [-0.15, -0.1) is 0 Å². The summed E-state index contributed by atoms with van der Waals surface area (Å²) < 4.78 is 1.85. The first-order chi connectivity index (χ1) is 9.88. The second kappa shape index (κ2) is 7.86. The first-order valence-corrected chi connectivity index (χ1v) is 7.59. The van der Waals surface area contributed by atoms with Crippen molar-refractivity contribution in [2.45, 2.75) is 53.0 Å². The largest absolute Gasteiger partial charge is 0.478 e. The maximum absolute atomic E-state index is 10.8. The molecular formula is C16H27N3O2. The third-order valence-electron chi connectivity index (χ3n) is 3.53. The molecule has 0 aliphatic rings. The summed E-state index contributed by atoms with van der Waals surface area (Å²) in [6.45, 7) is 9.36. The smallest absolute Gasteiger partial charge is 0.328 e. The Balaban J connectivity index is 3.14. The number of hydrogen-bond acceptors (Lipinski definition) is 3. The van der Waals surface area contributed by atoms with E-state index in [9.17, 15) is 4.79 Å². The molecule has 0 spiro atoms. The Morgan fingerprint density at radius 1 is 1.43 bits per heavy atom. The van der Waals surface area contributed by atoms with Crippen LogP contribution in [0.3, 0.4) is 0 Å². The van der Waals surface area contributed by atoms with E-state index in [0.717, 1.165) is 30.0 Å². The molecule has 0 aliphatic carbocycles. The van der Waals surface area contributed by atoms with Crippen molar-refractivity contribution >= 4 is 17.9 Å². The van der Waals surface area contributed by atoms with E-state index in [1.54, 1.807) is 6.08 Å². The molecule has 0 unspecified atom stereocenters. The van der Waals surface area contributed by atoms with Crippen LogP contribution >= 0.6 is 0 Å². The maximum Gasteiger partial charge on any atom is 0.328 e. The van der Waals surface area contributed by atoms with E-state index in [0.29, 0.717) is 6.04 Å². The monoisotopic (exact) mass is 293 g/mol. The van der Waals surface area contributed by atoms with Crippen LogP contribution in [0, 0.1) is 6.92 Å². The van der Waals surface area contributed by atoms with Gasteiger partial charge in [0.1, 0.15) is 5.82 Å². The van der Waals surface area contributed by atoms with Crippen molar-refractivity contribution in [2.75, 3.05) is 11.4 Å². The number of hydrogen-bond donors (Lipinski definition) is 1. The second-order valence-corrected chi connectivity index (χ2v) is 5.61. The zero-order valence-corrected chi connectivity index (χ0v) is 13.8. The zero-order valence-electron chi connectivity index (χ0n) is 13.8. The molecule has 0 radical (unpaired) electrons. The molecule has 0 atom stereocenters. The highest BCUT2D eigenvalue weighted by atomic mass is 16.4. The molecule has 118 valence electrons. The molecule has 0 bridgehead atoms. The van der Waals surface area contributed by atoms with Gasteiger partial charge < -0.3 is 10.0 Å². The fourth-order valence-corrected chi connectivity index (χ4v) is 2.49. The van der Waals surface area contributed by atoms with Gasteiger partial charge in [0.25, 0.3) is 0 Å². The molecule has 0 amide bonds. The minimum absolute atomic E-state index is 0.341. The van der Waals surface area contributed by atoms with Crippen molar-refractivity contribution in [2.24, 2.45) is 7.05 Å². The maximum atomic E-state index is 10.8. The van der Waals surface area contributed by atoms with Crippen molar-refractivity contribution in [1.82, 2.24) is 9.78 Å². The van der Waals surface area contributed by atoms with E-state index in [1.165, 1.54) is 18.9 Å². The molecular weight excluding hydrogens is 266 g/mol. The Morgan fingerprint density at radius 3 is 2.62 bits per heavy atom. The summed E-state index contributed by atoms with van der Waals surface area (Å²) in [4.78, 5) is 13.1. The number of unbranched alkanes of at least 4 members (excludes halogenated alkanes) is 2. The zero-order chi connectivity index (χ0) is 16.0. The predicted molar refractivity (Wildman–Crippen MR) is 86.6 cm³/mol. The van der Waals surface area contributed by atoms with Gasteiger partial charge in [-0.1, -0.05) is 19.8 Å². The fraction of sp³-hybridized carbons (Fsp3) is 0.625. The summed E-state index contributed by atoms with van der Waals surface area (Å²) in [6, 6.07) is 0.341. The lowest BCUT2D eigenvalue weighted by Crippen LogP contribution is -2.34. The summed E-state index contributed by atoms with van der Waals surface area (Å²) in [6.07, 6.45) is 6.33. The minimum atomic E-state index is -0.939. The lowest BCUT2D eigenvalue weighted by molar-refractivity contribution is -0.131. The summed E-state index contributed by atoms with van der Waals surface area (Å²) in [5.41, 5.74) is 1.75. The number of aliphatic carboxylic acids is 1. The van der Waals surface area contributed by atoms with Crippen LogP contribution < -0.4 is 4.90 Å². The van der Waals surface area contributed by atoms with Crippen LogP contribution in [0.1, 0.15) is 51.3 Å². The van der Waals surface area contributed by atoms with Gasteiger partial charge in [0.2, 0.25) is 0 Å². The van der Waals surface area contributed by atoms with Crippen LogP contribution in [0.4, 0.5) is 5.82 Å². The summed E-state index contributed by atoms with van der Waals surface area (Å²) in [7, 11) is 1.91. The number of carboxylic acid groups (broad SMARTS) is 1. The second-order valence-electron chi connectivity index (χ2n) is 5.61. The molecule has 1 heterocycles. The molecule has 0 saturated carbocycles. The number of anilines is 1. The quantitative estimate of drug-likeness (QED) is 0.590. The predicted octanol–water partition coefficient (Wildman–Crippen LogP) is 3.23. The van der Waals surface area contributed by atoms with Gasteiger partial charge >= 0.3 is 5.97 Å². The van der Waals surface area contributed by atoms with E-state index in [4.69, 9.17) is 5.11 Å². The van der Waals surface area contributed by atoms with Crippen molar-refractivity contribution < 1.29 is 9.90 Å². The van der Waals surface area contributed by atoms with Crippen LogP contribution in [-0.4, -0.2) is 33.4 Å². The first kappa shape index (κ1) is 17.3. The van der Waals surface area contributed by atoms with E-state index in [1.807, 2.05) is 18.7 Å². The lowest BCUT2D eigenvalue weighted by atomic mass is 10.1. The standard InChI is InChI=1S/C16H27N3O2/c1-6-7-8-11-19(12(2)3)16-14(9-10-15(20)21)13(4)17-18(16)5/h9-10,12H,6-8,11H2,1-5H3,(H,20,21). The summed E-state index contributed by atoms with van der Waals surface area (Å²) >= 11 is 0. The SMILES string of the molecule is CCCCCN(c1c(C=CC(=O)O)c(C)nn1C)C(C)C. The minimum Gasteiger partial charge on any atom is -0.478 e. The van der Waals surface area contributed by atoms with Crippen molar-refractivity contribution in [1.29, 1.82) is 0 Å². The van der Waals surface area contributed by atoms with Crippen LogP contribution in [-0.2, 0) is 11.8 Å². The summed E-state index contributed by atoms with van der Waals surface area (Å²) in [5.74, 6) is 0.0578. The van der Waals surface area contributed by atoms with Gasteiger partial charge in [0, 0.05) is 31.3 Å². The number of carboxylic acids is 1. The number of aryl methyl sites for hydroxylation is 2. The highest BCUT2D eigenvalue weighted by Gasteiger charge is 2.20. The normalized spacial score (nSPS) is 11.5. The average Bonchev–Trinajstić information content (AvgIpc) is 2.66. The lowest BCUT2D eigenvalue weighted by Gasteiger charge is -2.29. The van der Waals surface area contributed by atoms with Gasteiger partial charge in [0.05, 0.1) is 5.69 Å². The fourth-order valence-electron chi connectivity index (χ4n) is 2.49. The molecule has 1 N–H and O–H groups in total. The van der Waals surface area contributed by atoms with Gasteiger partial charge in [-0.3, -0.25) is 4.68 Å². The molecule has 1 rings (SSSR count). The topological polar surface area (TPSA) is 58.4 Å². The third kappa shape index (κ3) is 4.62. The van der Waals surface area contributed by atoms with E-state index < -0.39 is 5.97 Å². The van der Waals surface area contributed by atoms with Crippen LogP contribution in [0.2, 0.25) is 0 Å². The molecule has 5 nitrogen and oxygen atoms in total. The highest BCUT2D eigenvalue weighted by Crippen LogP contribution is 2.26. The third-order valence-corrected chi connectivity index (χ3v) is 3.53. The van der Waals surface area contributed by atoms with Gasteiger partial charge in [-0.25, -0.2) is 4.79 Å². The van der Waals surface area contributed by atoms with Gasteiger partial charge in [-0.05, 0) is 33.3 Å². The van der Waals surface area contributed by atoms with Crippen molar-refractivity contribution in [3.63, 3.8) is 0 Å². The number of rotatable bonds is 8. The van der Waals surface area contributed by atoms with Crippen LogP contribution in [0.5, 0.6) is 0 Å². The van der Waals surface area contributed by atoms with Crippen LogP contribution in [0.15, 0.2) is 6.08 Å². The summed E-state index contributed by atoms with van der Waals surface area (Å²) in [5, 5.41) is 13.3. The van der Waals surface area contributed by atoms with E-state index in [-0.39, 0.29) is 0 Å². The molecule has 0 saturated heterocycles. The Bertz CT molecular complexity index is 504. The number of nitrogens with zero attached hydrogens (tertiary/aromatic N) is 3. The van der Waals surface area contributed by atoms with Gasteiger partial charge in [-0.2, -0.15) is 5.10 Å². The molecule has 1 aromatic heterocycles. The Labute approximate surface area is 127 Å². The molecule has 21 heavy (non-hydrogen) atoms. The van der Waals surface area contributed by atoms with Crippen LogP contribution in [0.25, 0.3) is 6.08 Å². The Morgan fingerprint density at radius 2 is 2.10 bits per heavy atom. The molecule has 0 aliphatic heterocycles. The van der Waals surface area contributed by atoms with Gasteiger partial charge in [0.15, 0.2) is 0 Å². The molecule has 5 heteroatoms.